The van der Waals surface area contributed by atoms with Crippen LogP contribution >= 0.6 is 11.6 Å². The Morgan fingerprint density at radius 3 is 2.65 bits per heavy atom. The maximum Gasteiger partial charge on any atom is 0.222 e. The number of aromatic nitrogens is 2. The first-order valence-corrected chi connectivity index (χ1v) is 13.5. The quantitative estimate of drug-likeness (QED) is 0.457. The van der Waals surface area contributed by atoms with Crippen molar-refractivity contribution in [2.75, 3.05) is 36.0 Å². The normalized spacial score (nSPS) is 17.7. The highest BCUT2D eigenvalue weighted by atomic mass is 35.5. The SMILES string of the molecule is CCC(=O)N1CCN(c2nc(C(C)C)nc3c2CCN(c2cccc4cccc(Cl)c24)C3)C[C@H]1CC#N. The maximum atomic E-state index is 12.5. The second-order valence-corrected chi connectivity index (χ2v) is 10.6. The average Bonchev–Trinajstić information content (AvgIpc) is 2.91. The van der Waals surface area contributed by atoms with Gasteiger partial charge >= 0.3 is 0 Å². The molecule has 2 aromatic carbocycles. The molecule has 1 atom stereocenters. The van der Waals surface area contributed by atoms with Gasteiger partial charge in [-0.25, -0.2) is 9.97 Å². The molecular formula is C29H33ClN6O. The van der Waals surface area contributed by atoms with Crippen molar-refractivity contribution in [2.24, 2.45) is 0 Å². The number of anilines is 2. The average molecular weight is 517 g/mol. The number of halogens is 1. The lowest BCUT2D eigenvalue weighted by Crippen LogP contribution is -2.55. The van der Waals surface area contributed by atoms with E-state index in [0.717, 1.165) is 51.8 Å². The summed E-state index contributed by atoms with van der Waals surface area (Å²) in [4.78, 5) is 29.1. The van der Waals surface area contributed by atoms with Crippen molar-refractivity contribution >= 4 is 39.8 Å². The molecule has 8 heteroatoms. The van der Waals surface area contributed by atoms with Crippen LogP contribution in [0, 0.1) is 11.3 Å². The molecule has 0 radical (unpaired) electrons. The standard InChI is InChI=1S/C29H33ClN6O/c1-4-26(37)36-16-15-35(17-21(36)11-13-31)29-22-12-14-34(18-24(22)32-28(33-29)19(2)3)25-10-6-8-20-7-5-9-23(30)27(20)25/h5-10,19,21H,4,11-12,14-18H2,1-3H3/t21-/m1/s1. The number of hydrogen-bond donors (Lipinski definition) is 0. The summed E-state index contributed by atoms with van der Waals surface area (Å²) in [6, 6.07) is 14.5. The molecule has 0 bridgehead atoms. The zero-order valence-corrected chi connectivity index (χ0v) is 22.5. The molecule has 3 heterocycles. The molecule has 7 nitrogen and oxygen atoms in total. The van der Waals surface area contributed by atoms with Crippen LogP contribution in [0.15, 0.2) is 36.4 Å². The van der Waals surface area contributed by atoms with E-state index in [0.29, 0.717) is 39.0 Å². The Morgan fingerprint density at radius 2 is 1.92 bits per heavy atom. The third-order valence-electron chi connectivity index (χ3n) is 7.48. The Balaban J connectivity index is 1.50. The molecule has 0 unspecified atom stereocenters. The van der Waals surface area contributed by atoms with E-state index in [4.69, 9.17) is 21.6 Å². The number of nitrogens with zero attached hydrogens (tertiary/aromatic N) is 6. The van der Waals surface area contributed by atoms with E-state index in [-0.39, 0.29) is 17.9 Å². The molecule has 192 valence electrons. The van der Waals surface area contributed by atoms with Crippen LogP contribution in [0.4, 0.5) is 11.5 Å². The summed E-state index contributed by atoms with van der Waals surface area (Å²) in [5.74, 6) is 2.09. The first-order valence-electron chi connectivity index (χ1n) is 13.1. The Labute approximate surface area is 223 Å². The number of benzene rings is 2. The van der Waals surface area contributed by atoms with E-state index in [1.165, 1.54) is 5.56 Å². The fourth-order valence-corrected chi connectivity index (χ4v) is 5.83. The summed E-state index contributed by atoms with van der Waals surface area (Å²) in [5, 5.41) is 12.4. The topological polar surface area (TPSA) is 76.4 Å². The minimum Gasteiger partial charge on any atom is -0.365 e. The fourth-order valence-electron chi connectivity index (χ4n) is 5.55. The van der Waals surface area contributed by atoms with Gasteiger partial charge in [-0.1, -0.05) is 56.6 Å². The molecule has 1 fully saturated rings. The molecule has 0 saturated carbocycles. The molecule has 3 aromatic rings. The highest BCUT2D eigenvalue weighted by Crippen LogP contribution is 2.37. The maximum absolute atomic E-state index is 12.5. The van der Waals surface area contributed by atoms with Gasteiger partial charge in [0.25, 0.3) is 0 Å². The number of carbonyl (C=O) groups excluding carboxylic acids is 1. The van der Waals surface area contributed by atoms with Gasteiger partial charge in [-0.15, -0.1) is 0 Å². The minimum atomic E-state index is -0.128. The third-order valence-corrected chi connectivity index (χ3v) is 7.80. The van der Waals surface area contributed by atoms with E-state index in [9.17, 15) is 10.1 Å². The summed E-state index contributed by atoms with van der Waals surface area (Å²) in [7, 11) is 0. The molecule has 0 N–H and O–H groups in total. The molecule has 37 heavy (non-hydrogen) atoms. The predicted molar refractivity (Wildman–Crippen MR) is 148 cm³/mol. The van der Waals surface area contributed by atoms with Crippen LogP contribution in [-0.4, -0.2) is 53.0 Å². The minimum absolute atomic E-state index is 0.108. The second kappa shape index (κ2) is 10.5. The van der Waals surface area contributed by atoms with Crippen LogP contribution in [0.1, 0.15) is 56.6 Å². The smallest absolute Gasteiger partial charge is 0.222 e. The monoisotopic (exact) mass is 516 g/mol. The molecule has 2 aliphatic rings. The number of nitriles is 1. The van der Waals surface area contributed by atoms with Gasteiger partial charge in [0.1, 0.15) is 11.6 Å². The molecule has 1 amide bonds. The van der Waals surface area contributed by atoms with Gasteiger partial charge in [0.2, 0.25) is 5.91 Å². The molecular weight excluding hydrogens is 484 g/mol. The van der Waals surface area contributed by atoms with E-state index in [1.807, 2.05) is 24.0 Å². The zero-order chi connectivity index (χ0) is 26.1. The Bertz CT molecular complexity index is 1360. The van der Waals surface area contributed by atoms with Gasteiger partial charge in [0.15, 0.2) is 0 Å². The number of fused-ring (bicyclic) bond motifs is 2. The van der Waals surface area contributed by atoms with E-state index in [1.54, 1.807) is 0 Å². The number of carbonyl (C=O) groups is 1. The van der Waals surface area contributed by atoms with Crippen molar-refractivity contribution in [1.82, 2.24) is 14.9 Å². The number of hydrogen-bond acceptors (Lipinski definition) is 6. The Kier molecular flexibility index (Phi) is 7.21. The van der Waals surface area contributed by atoms with Gasteiger partial charge in [-0.05, 0) is 23.9 Å². The van der Waals surface area contributed by atoms with Gasteiger partial charge in [-0.3, -0.25) is 4.79 Å². The van der Waals surface area contributed by atoms with Gasteiger partial charge in [0, 0.05) is 55.2 Å². The van der Waals surface area contributed by atoms with E-state index in [2.05, 4.69) is 54.0 Å². The summed E-state index contributed by atoms with van der Waals surface area (Å²) in [5.41, 5.74) is 3.35. The highest BCUT2D eigenvalue weighted by molar-refractivity contribution is 6.36. The van der Waals surface area contributed by atoms with Gasteiger partial charge in [0.05, 0.1) is 35.8 Å². The molecule has 1 saturated heterocycles. The van der Waals surface area contributed by atoms with Crippen LogP contribution in [0.25, 0.3) is 10.8 Å². The van der Waals surface area contributed by atoms with Crippen molar-refractivity contribution in [3.8, 4) is 6.07 Å². The first kappa shape index (κ1) is 25.3. The molecule has 0 aliphatic carbocycles. The Morgan fingerprint density at radius 1 is 1.14 bits per heavy atom. The Hall–Kier alpha value is -3.37. The van der Waals surface area contributed by atoms with Crippen molar-refractivity contribution < 1.29 is 4.79 Å². The molecule has 1 aromatic heterocycles. The second-order valence-electron chi connectivity index (χ2n) is 10.2. The van der Waals surface area contributed by atoms with E-state index >= 15 is 0 Å². The largest absolute Gasteiger partial charge is 0.365 e. The van der Waals surface area contributed by atoms with Crippen molar-refractivity contribution in [2.45, 2.75) is 58.5 Å². The van der Waals surface area contributed by atoms with Crippen LogP contribution in [0.2, 0.25) is 5.02 Å². The lowest BCUT2D eigenvalue weighted by atomic mass is 10.00. The summed E-state index contributed by atoms with van der Waals surface area (Å²) >= 11 is 6.65. The first-order chi connectivity index (χ1) is 17.9. The van der Waals surface area contributed by atoms with Crippen LogP contribution in [0.5, 0.6) is 0 Å². The molecule has 5 rings (SSSR count). The summed E-state index contributed by atoms with van der Waals surface area (Å²) in [6.45, 7) is 9.56. The molecule has 2 aliphatic heterocycles. The number of rotatable bonds is 5. The fraction of sp³-hybridized carbons (Fsp3) is 0.448. The number of amides is 1. The number of piperazine rings is 1. The summed E-state index contributed by atoms with van der Waals surface area (Å²) < 4.78 is 0. The van der Waals surface area contributed by atoms with Crippen molar-refractivity contribution in [3.63, 3.8) is 0 Å². The van der Waals surface area contributed by atoms with Crippen molar-refractivity contribution in [3.05, 3.63) is 58.5 Å². The van der Waals surface area contributed by atoms with Crippen molar-refractivity contribution in [1.29, 1.82) is 5.26 Å². The lowest BCUT2D eigenvalue weighted by Gasteiger charge is -2.42. The van der Waals surface area contributed by atoms with Gasteiger partial charge in [-0.2, -0.15) is 5.26 Å². The van der Waals surface area contributed by atoms with Gasteiger partial charge < -0.3 is 14.7 Å². The molecule has 0 spiro atoms. The summed E-state index contributed by atoms with van der Waals surface area (Å²) in [6.07, 6.45) is 1.60. The lowest BCUT2D eigenvalue weighted by molar-refractivity contribution is -0.133. The highest BCUT2D eigenvalue weighted by Gasteiger charge is 2.33. The third kappa shape index (κ3) is 4.83. The van der Waals surface area contributed by atoms with Crippen LogP contribution in [0.3, 0.4) is 0 Å². The van der Waals surface area contributed by atoms with Crippen LogP contribution in [-0.2, 0) is 17.8 Å². The van der Waals surface area contributed by atoms with E-state index < -0.39 is 0 Å². The zero-order valence-electron chi connectivity index (χ0n) is 21.7. The van der Waals surface area contributed by atoms with Crippen LogP contribution < -0.4 is 9.80 Å². The predicted octanol–water partition coefficient (Wildman–Crippen LogP) is 5.31.